The van der Waals surface area contributed by atoms with Crippen LogP contribution in [0.1, 0.15) is 28.5 Å². The number of hydrogen-bond acceptors (Lipinski definition) is 5. The molecular formula is C22H26ClFN4O3. The minimum atomic E-state index is -0.338. The maximum absolute atomic E-state index is 13.3. The maximum Gasteiger partial charge on any atom is 0.270 e. The molecule has 0 bridgehead atoms. The zero-order chi connectivity index (χ0) is 22.5. The van der Waals surface area contributed by atoms with Gasteiger partial charge >= 0.3 is 0 Å². The lowest BCUT2D eigenvalue weighted by atomic mass is 10.0. The number of likely N-dealkylation sites (N-methyl/N-ethyl adjacent to an activating group) is 1. The van der Waals surface area contributed by atoms with E-state index in [4.69, 9.17) is 16.3 Å². The molecule has 2 aromatic rings. The first-order chi connectivity index (χ1) is 14.8. The summed E-state index contributed by atoms with van der Waals surface area (Å²) in [5.74, 6) is -0.896. The average molecular weight is 449 g/mol. The molecule has 0 saturated carbocycles. The number of halogens is 2. The van der Waals surface area contributed by atoms with Crippen molar-refractivity contribution < 1.29 is 18.7 Å². The van der Waals surface area contributed by atoms with Crippen molar-refractivity contribution in [3.63, 3.8) is 0 Å². The quantitative estimate of drug-likeness (QED) is 0.658. The molecule has 166 valence electrons. The molecule has 7 nitrogen and oxygen atoms in total. The molecule has 1 N–H and O–H groups in total. The SMILES string of the molecule is CC1COc2nc(C(=O)NCCN(C)C)c(Cc3ccc(F)cc3)cc2N1C(=O)CCl. The van der Waals surface area contributed by atoms with Crippen LogP contribution in [0.5, 0.6) is 5.88 Å². The van der Waals surface area contributed by atoms with E-state index in [0.29, 0.717) is 30.8 Å². The molecule has 0 radical (unpaired) electrons. The van der Waals surface area contributed by atoms with Gasteiger partial charge in [-0.15, -0.1) is 11.6 Å². The highest BCUT2D eigenvalue weighted by Gasteiger charge is 2.32. The molecule has 1 unspecified atom stereocenters. The third-order valence-electron chi connectivity index (χ3n) is 4.96. The number of rotatable bonds is 7. The molecule has 0 spiro atoms. The molecule has 2 heterocycles. The Morgan fingerprint density at radius 3 is 2.68 bits per heavy atom. The second-order valence-electron chi connectivity index (χ2n) is 7.74. The first-order valence-corrected chi connectivity index (χ1v) is 10.6. The van der Waals surface area contributed by atoms with Crippen LogP contribution < -0.4 is 15.0 Å². The van der Waals surface area contributed by atoms with Crippen LogP contribution in [0.3, 0.4) is 0 Å². The fraction of sp³-hybridized carbons (Fsp3) is 0.409. The number of nitrogens with zero attached hydrogens (tertiary/aromatic N) is 3. The summed E-state index contributed by atoms with van der Waals surface area (Å²) in [6.45, 7) is 3.24. The predicted octanol–water partition coefficient (Wildman–Crippen LogP) is 2.46. The van der Waals surface area contributed by atoms with Gasteiger partial charge in [-0.25, -0.2) is 9.37 Å². The Labute approximate surface area is 186 Å². The van der Waals surface area contributed by atoms with Gasteiger partial charge in [-0.1, -0.05) is 12.1 Å². The number of carbonyl (C=O) groups is 2. The number of aromatic nitrogens is 1. The first-order valence-electron chi connectivity index (χ1n) is 10.0. The maximum atomic E-state index is 13.3. The van der Waals surface area contributed by atoms with Gasteiger partial charge in [0.15, 0.2) is 0 Å². The minimum absolute atomic E-state index is 0.177. The Kier molecular flexibility index (Phi) is 7.46. The Bertz CT molecular complexity index is 953. The molecule has 9 heteroatoms. The normalized spacial score (nSPS) is 15.4. The molecular weight excluding hydrogens is 423 g/mol. The van der Waals surface area contributed by atoms with Gasteiger partial charge in [0.05, 0.1) is 6.04 Å². The number of pyridine rings is 1. The molecule has 2 amide bonds. The van der Waals surface area contributed by atoms with E-state index in [0.717, 1.165) is 5.56 Å². The minimum Gasteiger partial charge on any atom is -0.474 e. The summed E-state index contributed by atoms with van der Waals surface area (Å²) in [4.78, 5) is 33.3. The Hall–Kier alpha value is -2.71. The van der Waals surface area contributed by atoms with Crippen molar-refractivity contribution in [3.8, 4) is 5.88 Å². The number of nitrogens with one attached hydrogen (secondary N) is 1. The molecule has 0 aliphatic carbocycles. The van der Waals surface area contributed by atoms with Crippen molar-refractivity contribution >= 4 is 29.1 Å². The summed E-state index contributed by atoms with van der Waals surface area (Å²) >= 11 is 5.81. The third-order valence-corrected chi connectivity index (χ3v) is 5.19. The van der Waals surface area contributed by atoms with Crippen LogP contribution in [-0.2, 0) is 11.2 Å². The van der Waals surface area contributed by atoms with Gasteiger partial charge in [0.1, 0.15) is 29.7 Å². The van der Waals surface area contributed by atoms with E-state index in [1.54, 1.807) is 23.1 Å². The topological polar surface area (TPSA) is 74.8 Å². The van der Waals surface area contributed by atoms with Crippen molar-refractivity contribution in [1.82, 2.24) is 15.2 Å². The number of fused-ring (bicyclic) bond motifs is 1. The van der Waals surface area contributed by atoms with E-state index in [1.807, 2.05) is 25.9 Å². The van der Waals surface area contributed by atoms with Gasteiger partial charge < -0.3 is 19.9 Å². The second-order valence-corrected chi connectivity index (χ2v) is 8.01. The predicted molar refractivity (Wildman–Crippen MR) is 117 cm³/mol. The van der Waals surface area contributed by atoms with Gasteiger partial charge in [-0.3, -0.25) is 9.59 Å². The molecule has 1 aliphatic heterocycles. The van der Waals surface area contributed by atoms with Gasteiger partial charge in [0.25, 0.3) is 5.91 Å². The molecule has 0 fully saturated rings. The largest absolute Gasteiger partial charge is 0.474 e. The highest BCUT2D eigenvalue weighted by molar-refractivity contribution is 6.29. The van der Waals surface area contributed by atoms with Crippen molar-refractivity contribution in [1.29, 1.82) is 0 Å². The summed E-state index contributed by atoms with van der Waals surface area (Å²) < 4.78 is 19.1. The van der Waals surface area contributed by atoms with Crippen LogP contribution in [0.2, 0.25) is 0 Å². The van der Waals surface area contributed by atoms with E-state index in [-0.39, 0.29) is 47.7 Å². The Morgan fingerprint density at radius 2 is 2.03 bits per heavy atom. The van der Waals surface area contributed by atoms with Gasteiger partial charge in [0, 0.05) is 13.1 Å². The monoisotopic (exact) mass is 448 g/mol. The number of alkyl halides is 1. The van der Waals surface area contributed by atoms with E-state index < -0.39 is 0 Å². The fourth-order valence-corrected chi connectivity index (χ4v) is 3.52. The van der Waals surface area contributed by atoms with Gasteiger partial charge in [-0.05, 0) is 56.8 Å². The molecule has 1 aromatic heterocycles. The van der Waals surface area contributed by atoms with Crippen molar-refractivity contribution in [2.45, 2.75) is 19.4 Å². The highest BCUT2D eigenvalue weighted by Crippen LogP contribution is 2.35. The Balaban J connectivity index is 2.01. The van der Waals surface area contributed by atoms with Crippen LogP contribution >= 0.6 is 11.6 Å². The average Bonchev–Trinajstić information content (AvgIpc) is 2.74. The molecule has 1 atom stereocenters. The zero-order valence-electron chi connectivity index (χ0n) is 17.8. The molecule has 0 saturated heterocycles. The van der Waals surface area contributed by atoms with Crippen LogP contribution in [0.25, 0.3) is 0 Å². The fourth-order valence-electron chi connectivity index (χ4n) is 3.39. The second kappa shape index (κ2) is 10.1. The Morgan fingerprint density at radius 1 is 1.32 bits per heavy atom. The van der Waals surface area contributed by atoms with Crippen LogP contribution in [0, 0.1) is 5.82 Å². The van der Waals surface area contributed by atoms with E-state index >= 15 is 0 Å². The standard InChI is InChI=1S/C22H26ClFN4O3/c1-14-13-31-22-18(28(14)19(29)12-23)11-16(10-15-4-6-17(24)7-5-15)20(26-22)21(30)25-8-9-27(2)3/h4-7,11,14H,8-10,12-13H2,1-3H3,(H,25,30). The highest BCUT2D eigenvalue weighted by atomic mass is 35.5. The number of ether oxygens (including phenoxy) is 1. The van der Waals surface area contributed by atoms with Crippen molar-refractivity contribution in [2.75, 3.05) is 44.6 Å². The van der Waals surface area contributed by atoms with E-state index in [9.17, 15) is 14.0 Å². The first kappa shape index (κ1) is 23.0. The number of amides is 2. The summed E-state index contributed by atoms with van der Waals surface area (Å²) in [5, 5.41) is 2.87. The van der Waals surface area contributed by atoms with E-state index in [2.05, 4.69) is 10.3 Å². The smallest absolute Gasteiger partial charge is 0.270 e. The number of carbonyl (C=O) groups excluding carboxylic acids is 2. The van der Waals surface area contributed by atoms with Crippen molar-refractivity contribution in [3.05, 3.63) is 53.0 Å². The zero-order valence-corrected chi connectivity index (χ0v) is 18.6. The summed E-state index contributed by atoms with van der Waals surface area (Å²) in [5.41, 5.74) is 2.12. The summed E-state index contributed by atoms with van der Waals surface area (Å²) in [6, 6.07) is 7.57. The van der Waals surface area contributed by atoms with Gasteiger partial charge in [0.2, 0.25) is 11.8 Å². The molecule has 3 rings (SSSR count). The van der Waals surface area contributed by atoms with Gasteiger partial charge in [-0.2, -0.15) is 0 Å². The number of benzene rings is 1. The van der Waals surface area contributed by atoms with Crippen molar-refractivity contribution in [2.24, 2.45) is 0 Å². The van der Waals surface area contributed by atoms with Crippen LogP contribution in [-0.4, -0.2) is 67.4 Å². The number of hydrogen-bond donors (Lipinski definition) is 1. The molecule has 1 aromatic carbocycles. The lowest BCUT2D eigenvalue weighted by Gasteiger charge is -2.34. The summed E-state index contributed by atoms with van der Waals surface area (Å²) in [6.07, 6.45) is 0.342. The lowest BCUT2D eigenvalue weighted by Crippen LogP contribution is -2.46. The molecule has 31 heavy (non-hydrogen) atoms. The summed E-state index contributed by atoms with van der Waals surface area (Å²) in [7, 11) is 3.83. The van der Waals surface area contributed by atoms with E-state index in [1.165, 1.54) is 12.1 Å². The molecule has 1 aliphatic rings. The van der Waals surface area contributed by atoms with Crippen LogP contribution in [0.15, 0.2) is 30.3 Å². The third kappa shape index (κ3) is 5.51. The number of anilines is 1. The van der Waals surface area contributed by atoms with Crippen LogP contribution in [0.4, 0.5) is 10.1 Å². The lowest BCUT2D eigenvalue weighted by molar-refractivity contribution is -0.117.